The van der Waals surface area contributed by atoms with Gasteiger partial charge in [-0.05, 0) is 25.1 Å². The van der Waals surface area contributed by atoms with Gasteiger partial charge in [0.15, 0.2) is 0 Å². The second kappa shape index (κ2) is 5.65. The molecule has 0 fully saturated rings. The van der Waals surface area contributed by atoms with Gasteiger partial charge in [-0.3, -0.25) is 9.59 Å². The third kappa shape index (κ3) is 2.93. The summed E-state index contributed by atoms with van der Waals surface area (Å²) in [6.45, 7) is 1.23. The van der Waals surface area contributed by atoms with E-state index in [4.69, 9.17) is 0 Å². The van der Waals surface area contributed by atoms with Crippen molar-refractivity contribution in [1.29, 1.82) is 0 Å². The third-order valence-electron chi connectivity index (χ3n) is 3.26. The summed E-state index contributed by atoms with van der Waals surface area (Å²) in [4.78, 5) is 47.4. The number of amides is 2. The Balaban J connectivity index is 1.88. The number of carbonyl (C=O) groups excluding carboxylic acids is 3. The molecule has 7 nitrogen and oxygen atoms in total. The number of imide groups is 1. The number of hydrogen-bond acceptors (Lipinski definition) is 6. The van der Waals surface area contributed by atoms with E-state index >= 15 is 0 Å². The number of aryl methyl sites for hydroxylation is 1. The topological polar surface area (TPSA) is 89.5 Å². The third-order valence-corrected chi connectivity index (χ3v) is 3.26. The van der Waals surface area contributed by atoms with E-state index in [-0.39, 0.29) is 21.9 Å². The molecule has 1 aromatic heterocycles. The predicted molar refractivity (Wildman–Crippen MR) is 74.1 cm³/mol. The minimum Gasteiger partial charge on any atom is -0.321 e. The van der Waals surface area contributed by atoms with Gasteiger partial charge in [-0.25, -0.2) is 14.8 Å². The zero-order chi connectivity index (χ0) is 18.4. The molecule has 2 heterocycles. The molecule has 0 spiro atoms. The summed E-state index contributed by atoms with van der Waals surface area (Å²) in [7, 11) is 0. The predicted octanol–water partition coefficient (Wildman–Crippen LogP) is 2.17. The van der Waals surface area contributed by atoms with Crippen LogP contribution in [0.25, 0.3) is 0 Å². The Morgan fingerprint density at radius 2 is 1.64 bits per heavy atom. The van der Waals surface area contributed by atoms with Gasteiger partial charge in [0.2, 0.25) is 5.82 Å². The largest absolute Gasteiger partial charge is 0.433 e. The highest BCUT2D eigenvalue weighted by atomic mass is 19.4. The lowest BCUT2D eigenvalue weighted by Gasteiger charge is -2.13. The molecule has 1 aromatic carbocycles. The monoisotopic (exact) mass is 351 g/mol. The molecule has 0 saturated carbocycles. The quantitative estimate of drug-likeness (QED) is 0.771. The van der Waals surface area contributed by atoms with Gasteiger partial charge >= 0.3 is 12.1 Å². The van der Waals surface area contributed by atoms with E-state index < -0.39 is 35.5 Å². The maximum absolute atomic E-state index is 12.8. The van der Waals surface area contributed by atoms with Gasteiger partial charge < -0.3 is 4.84 Å². The van der Waals surface area contributed by atoms with Crippen molar-refractivity contribution in [1.82, 2.24) is 15.0 Å². The highest BCUT2D eigenvalue weighted by Crippen LogP contribution is 2.28. The molecule has 0 atom stereocenters. The number of fused-ring (bicyclic) bond motifs is 1. The van der Waals surface area contributed by atoms with Crippen LogP contribution in [0.4, 0.5) is 13.2 Å². The molecule has 10 heteroatoms. The van der Waals surface area contributed by atoms with Gasteiger partial charge in [0.05, 0.1) is 11.1 Å². The average Bonchev–Trinajstić information content (AvgIpc) is 2.79. The maximum Gasteiger partial charge on any atom is 0.433 e. The number of halogens is 3. The molecular formula is C15H8F3N3O4. The van der Waals surface area contributed by atoms with Crippen molar-refractivity contribution < 1.29 is 32.4 Å². The number of carbonyl (C=O) groups is 3. The first-order valence-corrected chi connectivity index (χ1v) is 6.81. The van der Waals surface area contributed by atoms with E-state index in [1.807, 2.05) is 0 Å². The van der Waals surface area contributed by atoms with Gasteiger partial charge in [0, 0.05) is 5.69 Å². The van der Waals surface area contributed by atoms with Crippen LogP contribution in [-0.2, 0) is 11.0 Å². The van der Waals surface area contributed by atoms with Gasteiger partial charge in [-0.1, -0.05) is 17.2 Å². The number of aromatic nitrogens is 2. The summed E-state index contributed by atoms with van der Waals surface area (Å²) < 4.78 is 38.3. The lowest BCUT2D eigenvalue weighted by molar-refractivity contribution is -0.141. The van der Waals surface area contributed by atoms with E-state index in [9.17, 15) is 27.6 Å². The molecule has 128 valence electrons. The van der Waals surface area contributed by atoms with Gasteiger partial charge in [-0.2, -0.15) is 13.2 Å². The molecule has 0 N–H and O–H groups in total. The van der Waals surface area contributed by atoms with Crippen molar-refractivity contribution in [3.8, 4) is 0 Å². The Morgan fingerprint density at radius 3 is 2.16 bits per heavy atom. The summed E-state index contributed by atoms with van der Waals surface area (Å²) in [5.41, 5.74) is -1.44. The van der Waals surface area contributed by atoms with E-state index in [2.05, 4.69) is 14.8 Å². The Kier molecular flexibility index (Phi) is 3.74. The summed E-state index contributed by atoms with van der Waals surface area (Å²) in [5.74, 6) is -4.18. The minimum absolute atomic E-state index is 0.0152. The van der Waals surface area contributed by atoms with Crippen molar-refractivity contribution in [2.75, 3.05) is 0 Å². The molecular weight excluding hydrogens is 343 g/mol. The van der Waals surface area contributed by atoms with Gasteiger partial charge in [0.1, 0.15) is 5.69 Å². The van der Waals surface area contributed by atoms with Crippen LogP contribution in [0.5, 0.6) is 0 Å². The van der Waals surface area contributed by atoms with E-state index in [1.54, 1.807) is 0 Å². The number of hydrogen-bond donors (Lipinski definition) is 0. The zero-order valence-corrected chi connectivity index (χ0v) is 12.5. The van der Waals surface area contributed by atoms with Crippen LogP contribution in [-0.4, -0.2) is 32.8 Å². The van der Waals surface area contributed by atoms with Crippen molar-refractivity contribution in [2.45, 2.75) is 13.1 Å². The number of benzene rings is 1. The highest BCUT2D eigenvalue weighted by Gasteiger charge is 2.40. The summed E-state index contributed by atoms with van der Waals surface area (Å²) >= 11 is 0. The molecule has 25 heavy (non-hydrogen) atoms. The fourth-order valence-electron chi connectivity index (χ4n) is 2.18. The van der Waals surface area contributed by atoms with Crippen molar-refractivity contribution in [2.24, 2.45) is 0 Å². The first-order chi connectivity index (χ1) is 11.7. The molecule has 0 unspecified atom stereocenters. The van der Waals surface area contributed by atoms with Gasteiger partial charge in [-0.15, -0.1) is 0 Å². The number of rotatable bonds is 2. The molecule has 3 rings (SSSR count). The normalized spacial score (nSPS) is 13.8. The minimum atomic E-state index is -4.79. The Bertz CT molecular complexity index is 876. The molecule has 1 aliphatic heterocycles. The van der Waals surface area contributed by atoms with E-state index in [0.717, 1.165) is 0 Å². The van der Waals surface area contributed by atoms with Crippen LogP contribution < -0.4 is 0 Å². The Labute approximate surface area is 138 Å². The highest BCUT2D eigenvalue weighted by molar-refractivity contribution is 6.21. The van der Waals surface area contributed by atoms with Crippen molar-refractivity contribution in [3.63, 3.8) is 0 Å². The smallest absolute Gasteiger partial charge is 0.321 e. The van der Waals surface area contributed by atoms with Crippen LogP contribution in [0.2, 0.25) is 0 Å². The van der Waals surface area contributed by atoms with Gasteiger partial charge in [0.25, 0.3) is 11.8 Å². The SMILES string of the molecule is Cc1cc(C(F)(F)F)nc(C(=O)ON2C(=O)c3ccccc3C2=O)n1. The second-order valence-corrected chi connectivity index (χ2v) is 5.04. The molecule has 0 radical (unpaired) electrons. The molecule has 1 aliphatic rings. The van der Waals surface area contributed by atoms with Crippen LogP contribution >= 0.6 is 0 Å². The van der Waals surface area contributed by atoms with E-state index in [0.29, 0.717) is 6.07 Å². The first-order valence-electron chi connectivity index (χ1n) is 6.81. The lowest BCUT2D eigenvalue weighted by atomic mass is 10.1. The Hall–Kier alpha value is -3.30. The molecule has 0 aliphatic carbocycles. The van der Waals surface area contributed by atoms with Crippen LogP contribution in [0.15, 0.2) is 30.3 Å². The maximum atomic E-state index is 12.8. The average molecular weight is 351 g/mol. The summed E-state index contributed by atoms with van der Waals surface area (Å²) in [6, 6.07) is 6.38. The molecule has 2 aromatic rings. The molecule has 2 amide bonds. The van der Waals surface area contributed by atoms with Crippen LogP contribution in [0, 0.1) is 6.92 Å². The number of alkyl halides is 3. The molecule has 0 saturated heterocycles. The fraction of sp³-hybridized carbons (Fsp3) is 0.133. The van der Waals surface area contributed by atoms with Crippen molar-refractivity contribution >= 4 is 17.8 Å². The van der Waals surface area contributed by atoms with Crippen molar-refractivity contribution in [3.05, 3.63) is 58.7 Å². The summed E-state index contributed by atoms with van der Waals surface area (Å²) in [5, 5.41) is 0.173. The Morgan fingerprint density at radius 1 is 1.08 bits per heavy atom. The lowest BCUT2D eigenvalue weighted by Crippen LogP contribution is -2.33. The second-order valence-electron chi connectivity index (χ2n) is 5.04. The number of nitrogens with zero attached hydrogens (tertiary/aromatic N) is 3. The van der Waals surface area contributed by atoms with Crippen LogP contribution in [0.3, 0.4) is 0 Å². The first kappa shape index (κ1) is 16.6. The molecule has 0 bridgehead atoms. The fourth-order valence-corrected chi connectivity index (χ4v) is 2.18. The van der Waals surface area contributed by atoms with E-state index in [1.165, 1.54) is 31.2 Å². The standard InChI is InChI=1S/C15H8F3N3O4/c1-7-6-10(15(16,17)18)20-11(19-7)14(24)25-21-12(22)8-4-2-3-5-9(8)13(21)23/h2-6H,1H3. The zero-order valence-electron chi connectivity index (χ0n) is 12.5. The summed E-state index contributed by atoms with van der Waals surface area (Å²) in [6.07, 6.45) is -4.79. The van der Waals surface area contributed by atoms with Crippen LogP contribution in [0.1, 0.15) is 42.7 Å². The number of hydroxylamine groups is 2.